The van der Waals surface area contributed by atoms with E-state index < -0.39 is 10.0 Å². The highest BCUT2D eigenvalue weighted by atomic mass is 32.2. The van der Waals surface area contributed by atoms with E-state index in [1.165, 1.54) is 22.8 Å². The van der Waals surface area contributed by atoms with Crippen LogP contribution in [0, 0.1) is 26.7 Å². The van der Waals surface area contributed by atoms with Crippen LogP contribution in [-0.2, 0) is 14.8 Å². The second kappa shape index (κ2) is 11.6. The largest absolute Gasteiger partial charge is 0.371 e. The number of anilines is 2. The van der Waals surface area contributed by atoms with E-state index in [0.717, 1.165) is 35.3 Å². The molecule has 3 aromatic carbocycles. The molecule has 1 saturated heterocycles. The Hall–Kier alpha value is -3.32. The van der Waals surface area contributed by atoms with Crippen LogP contribution in [0.25, 0.3) is 0 Å². The maximum absolute atomic E-state index is 13.7. The molecule has 202 valence electrons. The lowest BCUT2D eigenvalue weighted by Gasteiger charge is -2.33. The van der Waals surface area contributed by atoms with Crippen LogP contribution in [0.4, 0.5) is 11.4 Å². The summed E-state index contributed by atoms with van der Waals surface area (Å²) < 4.78 is 28.6. The quantitative estimate of drug-likeness (QED) is 0.390. The lowest BCUT2D eigenvalue weighted by atomic mass is 9.99. The van der Waals surface area contributed by atoms with Gasteiger partial charge < -0.3 is 10.2 Å². The van der Waals surface area contributed by atoms with Gasteiger partial charge in [0.05, 0.1) is 16.6 Å². The first-order valence-electron chi connectivity index (χ1n) is 13.3. The maximum atomic E-state index is 13.7. The van der Waals surface area contributed by atoms with Crippen molar-refractivity contribution in [3.05, 3.63) is 89.0 Å². The zero-order valence-electron chi connectivity index (χ0n) is 23.1. The van der Waals surface area contributed by atoms with Crippen molar-refractivity contribution in [2.45, 2.75) is 58.4 Å². The van der Waals surface area contributed by atoms with Crippen molar-refractivity contribution in [1.29, 1.82) is 0 Å². The fraction of sp³-hybridized carbons (Fsp3) is 0.387. The van der Waals surface area contributed by atoms with Gasteiger partial charge in [-0.05, 0) is 99.5 Å². The number of hydrogen-bond donors (Lipinski definition) is 1. The summed E-state index contributed by atoms with van der Waals surface area (Å²) in [7, 11) is -3.96. The van der Waals surface area contributed by atoms with Gasteiger partial charge in [-0.3, -0.25) is 9.10 Å². The van der Waals surface area contributed by atoms with Crippen molar-refractivity contribution in [3.63, 3.8) is 0 Å². The number of piperidine rings is 1. The molecule has 6 nitrogen and oxygen atoms in total. The molecule has 4 rings (SSSR count). The van der Waals surface area contributed by atoms with Gasteiger partial charge in [0.15, 0.2) is 0 Å². The molecule has 1 heterocycles. The van der Waals surface area contributed by atoms with Gasteiger partial charge in [-0.15, -0.1) is 0 Å². The van der Waals surface area contributed by atoms with E-state index in [1.54, 1.807) is 36.4 Å². The van der Waals surface area contributed by atoms with Crippen LogP contribution in [0.1, 0.15) is 55.0 Å². The monoisotopic (exact) mass is 533 g/mol. The Morgan fingerprint density at radius 3 is 2.21 bits per heavy atom. The third-order valence-electron chi connectivity index (χ3n) is 7.18. The van der Waals surface area contributed by atoms with Gasteiger partial charge in [-0.1, -0.05) is 42.8 Å². The van der Waals surface area contributed by atoms with E-state index in [2.05, 4.69) is 29.3 Å². The molecule has 1 N–H and O–H groups in total. The Morgan fingerprint density at radius 1 is 0.974 bits per heavy atom. The van der Waals surface area contributed by atoms with Gasteiger partial charge in [-0.25, -0.2) is 8.42 Å². The van der Waals surface area contributed by atoms with Gasteiger partial charge in [0, 0.05) is 18.8 Å². The minimum Gasteiger partial charge on any atom is -0.371 e. The van der Waals surface area contributed by atoms with E-state index in [0.29, 0.717) is 11.6 Å². The number of amides is 1. The highest BCUT2D eigenvalue weighted by Crippen LogP contribution is 2.27. The first-order chi connectivity index (χ1) is 18.0. The third kappa shape index (κ3) is 6.57. The van der Waals surface area contributed by atoms with Crippen molar-refractivity contribution in [1.82, 2.24) is 5.32 Å². The smallest absolute Gasteiger partial charge is 0.264 e. The van der Waals surface area contributed by atoms with Crippen molar-refractivity contribution >= 4 is 27.3 Å². The Balaban J connectivity index is 1.52. The fourth-order valence-corrected chi connectivity index (χ4v) is 6.55. The predicted octanol–water partition coefficient (Wildman–Crippen LogP) is 5.92. The maximum Gasteiger partial charge on any atom is 0.264 e. The van der Waals surface area contributed by atoms with Gasteiger partial charge >= 0.3 is 0 Å². The van der Waals surface area contributed by atoms with Crippen LogP contribution in [0.3, 0.4) is 0 Å². The highest BCUT2D eigenvalue weighted by Gasteiger charge is 2.28. The van der Waals surface area contributed by atoms with Crippen molar-refractivity contribution in [2.75, 3.05) is 28.8 Å². The number of carbonyl (C=O) groups is 1. The number of sulfonamides is 1. The third-order valence-corrected chi connectivity index (χ3v) is 8.97. The Kier molecular flexibility index (Phi) is 8.46. The van der Waals surface area contributed by atoms with Crippen molar-refractivity contribution < 1.29 is 13.2 Å². The minimum absolute atomic E-state index is 0.158. The molecular formula is C31H39N3O3S. The molecule has 0 radical (unpaired) electrons. The highest BCUT2D eigenvalue weighted by molar-refractivity contribution is 7.92. The molecule has 0 bridgehead atoms. The molecule has 1 fully saturated rings. The molecule has 3 aromatic rings. The predicted molar refractivity (Wildman–Crippen MR) is 155 cm³/mol. The van der Waals surface area contributed by atoms with Gasteiger partial charge in [0.2, 0.25) is 5.91 Å². The summed E-state index contributed by atoms with van der Waals surface area (Å²) in [5.41, 5.74) is 5.48. The van der Waals surface area contributed by atoms with Crippen LogP contribution >= 0.6 is 0 Å². The number of benzene rings is 3. The number of rotatable bonds is 8. The van der Waals surface area contributed by atoms with E-state index in [9.17, 15) is 13.2 Å². The Morgan fingerprint density at radius 2 is 1.61 bits per heavy atom. The van der Waals surface area contributed by atoms with Crippen LogP contribution < -0.4 is 14.5 Å². The summed E-state index contributed by atoms with van der Waals surface area (Å²) in [5.74, 6) is 0.333. The number of hydrogen-bond acceptors (Lipinski definition) is 4. The van der Waals surface area contributed by atoms with Crippen LogP contribution in [0.15, 0.2) is 71.6 Å². The molecule has 2 unspecified atom stereocenters. The van der Waals surface area contributed by atoms with E-state index in [-0.39, 0.29) is 23.4 Å². The number of aryl methyl sites for hydroxylation is 3. The van der Waals surface area contributed by atoms with E-state index in [1.807, 2.05) is 45.9 Å². The van der Waals surface area contributed by atoms with Crippen LogP contribution in [0.5, 0.6) is 0 Å². The average Bonchev–Trinajstić information content (AvgIpc) is 2.87. The second-order valence-electron chi connectivity index (χ2n) is 10.7. The molecular weight excluding hydrogens is 494 g/mol. The molecule has 7 heteroatoms. The lowest BCUT2D eigenvalue weighted by Crippen LogP contribution is -2.41. The second-order valence-corrected chi connectivity index (χ2v) is 12.6. The molecule has 2 atom stereocenters. The number of carbonyl (C=O) groups excluding carboxylic acids is 1. The molecule has 38 heavy (non-hydrogen) atoms. The lowest BCUT2D eigenvalue weighted by molar-refractivity contribution is -0.120. The molecule has 1 amide bonds. The molecule has 0 saturated carbocycles. The summed E-state index contributed by atoms with van der Waals surface area (Å²) in [5, 5.41) is 3.01. The van der Waals surface area contributed by atoms with Crippen LogP contribution in [0.2, 0.25) is 0 Å². The topological polar surface area (TPSA) is 69.7 Å². The van der Waals surface area contributed by atoms with Gasteiger partial charge in [-0.2, -0.15) is 0 Å². The minimum atomic E-state index is -3.96. The standard InChI is InChI=1S/C31H39N3O3S/c1-22-8-14-30(15-9-22)38(36,37)34(29-18-24(3)17-25(4)19-29)21-31(35)32-26(5)27-10-12-28(13-11-27)33-16-6-7-23(2)20-33/h8-15,17-19,23,26H,6-7,16,20-21H2,1-5H3,(H,32,35). The van der Waals surface area contributed by atoms with Crippen molar-refractivity contribution in [3.8, 4) is 0 Å². The number of nitrogens with zero attached hydrogens (tertiary/aromatic N) is 2. The normalized spacial score (nSPS) is 16.7. The molecule has 1 aliphatic heterocycles. The summed E-state index contributed by atoms with van der Waals surface area (Å²) in [6.45, 7) is 11.8. The van der Waals surface area contributed by atoms with Gasteiger partial charge in [0.1, 0.15) is 6.54 Å². The molecule has 1 aliphatic rings. The van der Waals surface area contributed by atoms with Crippen molar-refractivity contribution in [2.24, 2.45) is 5.92 Å². The first-order valence-corrected chi connectivity index (χ1v) is 14.8. The molecule has 0 aromatic heterocycles. The summed E-state index contributed by atoms with van der Waals surface area (Å²) >= 11 is 0. The zero-order chi connectivity index (χ0) is 27.4. The summed E-state index contributed by atoms with van der Waals surface area (Å²) in [4.78, 5) is 15.8. The SMILES string of the molecule is Cc1ccc(S(=O)(=O)N(CC(=O)NC(C)c2ccc(N3CCCC(C)C3)cc2)c2cc(C)cc(C)c2)cc1. The van der Waals surface area contributed by atoms with E-state index >= 15 is 0 Å². The van der Waals surface area contributed by atoms with E-state index in [4.69, 9.17) is 0 Å². The summed E-state index contributed by atoms with van der Waals surface area (Å²) in [6, 6.07) is 20.3. The molecule has 0 aliphatic carbocycles. The number of nitrogens with one attached hydrogen (secondary N) is 1. The zero-order valence-corrected chi connectivity index (χ0v) is 23.9. The average molecular weight is 534 g/mol. The first kappa shape index (κ1) is 27.7. The fourth-order valence-electron chi connectivity index (χ4n) is 5.15. The van der Waals surface area contributed by atoms with Crippen LogP contribution in [-0.4, -0.2) is 34.0 Å². The Bertz CT molecular complexity index is 1350. The summed E-state index contributed by atoms with van der Waals surface area (Å²) in [6.07, 6.45) is 2.48. The Labute approximate surface area is 227 Å². The molecule has 0 spiro atoms. The van der Waals surface area contributed by atoms with Gasteiger partial charge in [0.25, 0.3) is 10.0 Å².